The molecule has 2 aliphatic heterocycles. The summed E-state index contributed by atoms with van der Waals surface area (Å²) < 4.78 is 0. The van der Waals surface area contributed by atoms with E-state index in [1.54, 1.807) is 6.20 Å². The number of nitrogens with one attached hydrogen (secondary N) is 1. The van der Waals surface area contributed by atoms with Crippen molar-refractivity contribution in [2.24, 2.45) is 5.41 Å². The first-order valence-corrected chi connectivity index (χ1v) is 9.89. The number of aromatic nitrogens is 2. The predicted octanol–water partition coefficient (Wildman–Crippen LogP) is 3.73. The van der Waals surface area contributed by atoms with Crippen LogP contribution in [0.2, 0.25) is 0 Å². The predicted molar refractivity (Wildman–Crippen MR) is 110 cm³/mol. The molecule has 1 spiro atoms. The zero-order chi connectivity index (χ0) is 20.0. The van der Waals surface area contributed by atoms with Gasteiger partial charge in [0.2, 0.25) is 5.91 Å². The van der Waals surface area contributed by atoms with Gasteiger partial charge in [0, 0.05) is 30.7 Å². The summed E-state index contributed by atoms with van der Waals surface area (Å²) in [5.41, 5.74) is 3.58. The summed E-state index contributed by atoms with van der Waals surface area (Å²) in [5, 5.41) is 17.3. The van der Waals surface area contributed by atoms with Crippen LogP contribution in [0.3, 0.4) is 0 Å². The summed E-state index contributed by atoms with van der Waals surface area (Å²) >= 11 is 0. The second kappa shape index (κ2) is 6.62. The molecule has 2 saturated heterocycles. The van der Waals surface area contributed by atoms with Gasteiger partial charge in [-0.3, -0.25) is 9.89 Å². The highest BCUT2D eigenvalue weighted by Gasteiger charge is 2.49. The number of likely N-dealkylation sites (tertiary alicyclic amines) is 1. The molecule has 148 valence electrons. The summed E-state index contributed by atoms with van der Waals surface area (Å²) in [6, 6.07) is 14.2. The Morgan fingerprint density at radius 3 is 2.59 bits per heavy atom. The highest BCUT2D eigenvalue weighted by Crippen LogP contribution is 2.43. The van der Waals surface area contributed by atoms with Gasteiger partial charge in [-0.2, -0.15) is 5.10 Å². The minimum absolute atomic E-state index is 0.128. The molecular weight excluding hydrogens is 368 g/mol. The second-order valence-corrected chi connectivity index (χ2v) is 7.98. The highest BCUT2D eigenvalue weighted by atomic mass is 16.4. The van der Waals surface area contributed by atoms with Crippen molar-refractivity contribution in [3.63, 3.8) is 0 Å². The van der Waals surface area contributed by atoms with Gasteiger partial charge in [-0.25, -0.2) is 4.79 Å². The van der Waals surface area contributed by atoms with Gasteiger partial charge in [-0.05, 0) is 48.6 Å². The molecule has 0 atom stereocenters. The average molecular weight is 390 g/mol. The standard InChI is InChI=1S/C22H22N4O3/c27-20-22(6-9-25(10-7-22)21(28)29)8-11-26(20)18-3-1-2-15(12-18)16-4-5-17-14-23-24-19(17)13-16/h1-5,12-14H,6-11H2,(H,23,24)(H,28,29). The molecule has 2 aliphatic rings. The quantitative estimate of drug-likeness (QED) is 0.698. The number of aromatic amines is 1. The van der Waals surface area contributed by atoms with E-state index < -0.39 is 11.5 Å². The van der Waals surface area contributed by atoms with Crippen molar-refractivity contribution < 1.29 is 14.7 Å². The van der Waals surface area contributed by atoms with E-state index in [-0.39, 0.29) is 5.91 Å². The Bertz CT molecular complexity index is 1100. The van der Waals surface area contributed by atoms with Crippen molar-refractivity contribution in [2.75, 3.05) is 24.5 Å². The smallest absolute Gasteiger partial charge is 0.407 e. The van der Waals surface area contributed by atoms with Crippen molar-refractivity contribution in [2.45, 2.75) is 19.3 Å². The number of hydrogen-bond acceptors (Lipinski definition) is 3. The molecule has 3 heterocycles. The minimum atomic E-state index is -0.899. The number of amides is 2. The van der Waals surface area contributed by atoms with E-state index in [9.17, 15) is 14.7 Å². The van der Waals surface area contributed by atoms with E-state index in [2.05, 4.69) is 28.4 Å². The van der Waals surface area contributed by atoms with Crippen LogP contribution in [-0.4, -0.2) is 51.8 Å². The minimum Gasteiger partial charge on any atom is -0.465 e. The fourth-order valence-electron chi connectivity index (χ4n) is 4.63. The number of carboxylic acid groups (broad SMARTS) is 1. The van der Waals surface area contributed by atoms with E-state index in [4.69, 9.17) is 0 Å². The fraction of sp³-hybridized carbons (Fsp3) is 0.318. The first kappa shape index (κ1) is 17.7. The van der Waals surface area contributed by atoms with Gasteiger partial charge in [-0.15, -0.1) is 0 Å². The lowest BCUT2D eigenvalue weighted by molar-refractivity contribution is -0.127. The maximum atomic E-state index is 13.3. The third-order valence-electron chi connectivity index (χ3n) is 6.44. The van der Waals surface area contributed by atoms with Gasteiger partial charge < -0.3 is 14.9 Å². The third kappa shape index (κ3) is 2.93. The lowest BCUT2D eigenvalue weighted by Crippen LogP contribution is -2.46. The van der Waals surface area contributed by atoms with Crippen LogP contribution < -0.4 is 4.90 Å². The lowest BCUT2D eigenvalue weighted by Gasteiger charge is -2.36. The van der Waals surface area contributed by atoms with Crippen LogP contribution in [0.1, 0.15) is 19.3 Å². The monoisotopic (exact) mass is 390 g/mol. The number of hydrogen-bond donors (Lipinski definition) is 2. The maximum absolute atomic E-state index is 13.3. The van der Waals surface area contributed by atoms with E-state index in [0.717, 1.165) is 34.1 Å². The third-order valence-corrected chi connectivity index (χ3v) is 6.44. The molecule has 3 aromatic rings. The number of H-pyrrole nitrogens is 1. The molecule has 7 heteroatoms. The zero-order valence-electron chi connectivity index (χ0n) is 16.0. The zero-order valence-corrected chi connectivity index (χ0v) is 16.0. The Kier molecular flexibility index (Phi) is 4.04. The van der Waals surface area contributed by atoms with Crippen LogP contribution in [0.4, 0.5) is 10.5 Å². The Morgan fingerprint density at radius 1 is 1.03 bits per heavy atom. The van der Waals surface area contributed by atoms with Crippen LogP contribution >= 0.6 is 0 Å². The first-order valence-electron chi connectivity index (χ1n) is 9.89. The summed E-state index contributed by atoms with van der Waals surface area (Å²) in [6.45, 7) is 1.53. The average Bonchev–Trinajstić information content (AvgIpc) is 3.33. The summed E-state index contributed by atoms with van der Waals surface area (Å²) in [5.74, 6) is 0.128. The normalized spacial score (nSPS) is 18.7. The molecule has 0 aliphatic carbocycles. The van der Waals surface area contributed by atoms with Gasteiger partial charge in [0.15, 0.2) is 0 Å². The molecule has 2 fully saturated rings. The van der Waals surface area contributed by atoms with E-state index in [1.807, 2.05) is 29.2 Å². The molecule has 5 rings (SSSR count). The molecule has 0 unspecified atom stereocenters. The van der Waals surface area contributed by atoms with E-state index >= 15 is 0 Å². The highest BCUT2D eigenvalue weighted by molar-refractivity contribution is 6.00. The lowest BCUT2D eigenvalue weighted by atomic mass is 9.77. The molecular formula is C22H22N4O3. The molecule has 0 saturated carbocycles. The van der Waals surface area contributed by atoms with Crippen LogP contribution in [0, 0.1) is 5.41 Å². The van der Waals surface area contributed by atoms with Crippen LogP contribution in [0.25, 0.3) is 22.0 Å². The van der Waals surface area contributed by atoms with Crippen molar-refractivity contribution in [3.8, 4) is 11.1 Å². The number of fused-ring (bicyclic) bond motifs is 1. The largest absolute Gasteiger partial charge is 0.465 e. The van der Waals surface area contributed by atoms with Crippen LogP contribution in [-0.2, 0) is 4.79 Å². The molecule has 0 radical (unpaired) electrons. The fourth-order valence-corrected chi connectivity index (χ4v) is 4.63. The van der Waals surface area contributed by atoms with Gasteiger partial charge in [0.25, 0.3) is 0 Å². The van der Waals surface area contributed by atoms with E-state index in [0.29, 0.717) is 32.5 Å². The number of carbonyl (C=O) groups excluding carboxylic acids is 1. The van der Waals surface area contributed by atoms with Crippen LogP contribution in [0.5, 0.6) is 0 Å². The molecule has 0 bridgehead atoms. The second-order valence-electron chi connectivity index (χ2n) is 7.98. The summed E-state index contributed by atoms with van der Waals surface area (Å²) in [4.78, 5) is 27.8. The topological polar surface area (TPSA) is 89.5 Å². The first-order chi connectivity index (χ1) is 14.1. The number of piperidine rings is 1. The van der Waals surface area contributed by atoms with Crippen molar-refractivity contribution in [3.05, 3.63) is 48.7 Å². The number of benzene rings is 2. The molecule has 7 nitrogen and oxygen atoms in total. The van der Waals surface area contributed by atoms with Crippen LogP contribution in [0.15, 0.2) is 48.7 Å². The Morgan fingerprint density at radius 2 is 1.79 bits per heavy atom. The van der Waals surface area contributed by atoms with Crippen molar-refractivity contribution >= 4 is 28.6 Å². The molecule has 2 amide bonds. The Hall–Kier alpha value is -3.35. The number of anilines is 1. The van der Waals surface area contributed by atoms with Gasteiger partial charge >= 0.3 is 6.09 Å². The molecule has 2 aromatic carbocycles. The van der Waals surface area contributed by atoms with Gasteiger partial charge in [0.05, 0.1) is 17.1 Å². The number of rotatable bonds is 2. The maximum Gasteiger partial charge on any atom is 0.407 e. The molecule has 1 aromatic heterocycles. The van der Waals surface area contributed by atoms with Gasteiger partial charge in [-0.1, -0.05) is 24.3 Å². The summed E-state index contributed by atoms with van der Waals surface area (Å²) in [7, 11) is 0. The number of nitrogens with zero attached hydrogens (tertiary/aromatic N) is 3. The van der Waals surface area contributed by atoms with Crippen molar-refractivity contribution in [1.29, 1.82) is 0 Å². The van der Waals surface area contributed by atoms with Crippen molar-refractivity contribution in [1.82, 2.24) is 15.1 Å². The Labute approximate surface area is 167 Å². The Balaban J connectivity index is 1.40. The van der Waals surface area contributed by atoms with Gasteiger partial charge in [0.1, 0.15) is 0 Å². The number of carbonyl (C=O) groups is 2. The SMILES string of the molecule is O=C(O)N1CCC2(CC1)CCN(c1cccc(-c3ccc4cn[nH]c4c3)c1)C2=O. The summed E-state index contributed by atoms with van der Waals surface area (Å²) in [6.07, 6.45) is 2.89. The molecule has 2 N–H and O–H groups in total. The van der Waals surface area contributed by atoms with E-state index in [1.165, 1.54) is 4.90 Å². The molecule has 29 heavy (non-hydrogen) atoms.